The van der Waals surface area contributed by atoms with Crippen LogP contribution in [0.15, 0.2) is 45.3 Å². The van der Waals surface area contributed by atoms with Crippen molar-refractivity contribution in [1.29, 1.82) is 0 Å². The van der Waals surface area contributed by atoms with E-state index in [-0.39, 0.29) is 0 Å². The Morgan fingerprint density at radius 1 is 0.895 bits per heavy atom. The van der Waals surface area contributed by atoms with Crippen LogP contribution >= 0.6 is 71.0 Å². The molecule has 102 valence electrons. The maximum Gasteiger partial charge on any atom is 0.0457 e. The molecule has 0 unspecified atom stereocenters. The fourth-order valence-electron chi connectivity index (χ4n) is 1.24. The highest BCUT2D eigenvalue weighted by atomic mass is 79.9. The normalized spacial score (nSPS) is 9.79. The summed E-state index contributed by atoms with van der Waals surface area (Å²) < 4.78 is 2.12. The maximum absolute atomic E-state index is 5.87. The first kappa shape index (κ1) is 17.5. The van der Waals surface area contributed by atoms with Crippen LogP contribution in [0.2, 0.25) is 10.0 Å². The zero-order valence-corrected chi connectivity index (χ0v) is 16.3. The Kier molecular flexibility index (Phi) is 8.00. The molecule has 0 aliphatic carbocycles. The topological polar surface area (TPSA) is 0 Å². The molecular weight excluding hydrogens is 479 g/mol. The molecule has 0 aliphatic heterocycles. The van der Waals surface area contributed by atoms with Gasteiger partial charge in [-0.2, -0.15) is 0 Å². The average Bonchev–Trinajstić information content (AvgIpc) is 2.37. The smallest absolute Gasteiger partial charge is 0.0457 e. The summed E-state index contributed by atoms with van der Waals surface area (Å²) >= 11 is 21.8. The van der Waals surface area contributed by atoms with E-state index >= 15 is 0 Å². The molecule has 0 bridgehead atoms. The van der Waals surface area contributed by atoms with E-state index in [0.717, 1.165) is 35.4 Å². The number of hydrogen-bond donors (Lipinski definition) is 0. The van der Waals surface area contributed by atoms with E-state index in [4.69, 9.17) is 23.2 Å². The molecule has 5 heteroatoms. The van der Waals surface area contributed by atoms with Gasteiger partial charge in [-0.25, -0.2) is 0 Å². The van der Waals surface area contributed by atoms with Crippen molar-refractivity contribution in [2.75, 3.05) is 0 Å². The second kappa shape index (κ2) is 8.68. The van der Waals surface area contributed by atoms with Crippen LogP contribution in [0.5, 0.6) is 0 Å². The molecule has 0 saturated carbocycles. The summed E-state index contributed by atoms with van der Waals surface area (Å²) in [5.74, 6) is 0. The van der Waals surface area contributed by atoms with Gasteiger partial charge in [0.25, 0.3) is 0 Å². The van der Waals surface area contributed by atoms with Gasteiger partial charge in [-0.1, -0.05) is 83.1 Å². The van der Waals surface area contributed by atoms with Gasteiger partial charge in [-0.05, 0) is 42.3 Å². The van der Waals surface area contributed by atoms with Crippen molar-refractivity contribution in [3.05, 3.63) is 66.5 Å². The predicted octanol–water partition coefficient (Wildman–Crippen LogP) is 7.41. The Bertz CT molecular complexity index is 516. The van der Waals surface area contributed by atoms with Gasteiger partial charge in [0.1, 0.15) is 0 Å². The second-order valence-corrected chi connectivity index (χ2v) is 6.76. The summed E-state index contributed by atoms with van der Waals surface area (Å²) in [6.45, 7) is 1.98. The highest BCUT2D eigenvalue weighted by Gasteiger charge is 2.00. The minimum Gasteiger partial charge on any atom is -0.0875 e. The third-order valence-electron chi connectivity index (χ3n) is 2.40. The first-order valence-corrected chi connectivity index (χ1v) is 8.83. The highest BCUT2D eigenvalue weighted by molar-refractivity contribution is 9.11. The van der Waals surface area contributed by atoms with Crippen molar-refractivity contribution in [1.82, 2.24) is 0 Å². The first-order chi connectivity index (χ1) is 8.97. The Morgan fingerprint density at radius 2 is 1.42 bits per heavy atom. The lowest BCUT2D eigenvalue weighted by atomic mass is 10.2. The van der Waals surface area contributed by atoms with Crippen LogP contribution in [0.1, 0.15) is 11.1 Å². The monoisotopic (exact) mass is 486 g/mol. The zero-order valence-electron chi connectivity index (χ0n) is 10.1. The molecule has 0 heterocycles. The largest absolute Gasteiger partial charge is 0.0875 e. The SMILES string of the molecule is Cc1c(Cl)cccc1Br.Clc1cccc(Br)c1CBr. The van der Waals surface area contributed by atoms with Crippen LogP contribution in [-0.2, 0) is 5.33 Å². The van der Waals surface area contributed by atoms with Crippen molar-refractivity contribution >= 4 is 71.0 Å². The Labute approximate surface area is 148 Å². The molecule has 0 aromatic heterocycles. The number of hydrogen-bond acceptors (Lipinski definition) is 0. The quantitative estimate of drug-likeness (QED) is 0.366. The molecule has 0 aliphatic rings. The summed E-state index contributed by atoms with van der Waals surface area (Å²) in [5, 5.41) is 2.39. The van der Waals surface area contributed by atoms with Gasteiger partial charge in [-0.15, -0.1) is 0 Å². The number of benzene rings is 2. The van der Waals surface area contributed by atoms with E-state index in [9.17, 15) is 0 Å². The number of halogens is 5. The summed E-state index contributed by atoms with van der Waals surface area (Å²) in [7, 11) is 0. The lowest BCUT2D eigenvalue weighted by Gasteiger charge is -2.00. The molecule has 0 fully saturated rings. The van der Waals surface area contributed by atoms with Crippen molar-refractivity contribution in [3.63, 3.8) is 0 Å². The summed E-state index contributed by atoms with van der Waals surface area (Å²) in [4.78, 5) is 0. The maximum atomic E-state index is 5.87. The van der Waals surface area contributed by atoms with Crippen LogP contribution in [0.25, 0.3) is 0 Å². The summed E-state index contributed by atoms with van der Waals surface area (Å²) in [5.41, 5.74) is 2.20. The molecule has 0 N–H and O–H groups in total. The van der Waals surface area contributed by atoms with Gasteiger partial charge in [0.05, 0.1) is 0 Å². The van der Waals surface area contributed by atoms with Crippen molar-refractivity contribution < 1.29 is 0 Å². The molecule has 19 heavy (non-hydrogen) atoms. The highest BCUT2D eigenvalue weighted by Crippen LogP contribution is 2.26. The first-order valence-electron chi connectivity index (χ1n) is 5.36. The van der Waals surface area contributed by atoms with E-state index in [0.29, 0.717) is 0 Å². The molecule has 0 amide bonds. The minimum atomic E-state index is 0.785. The Hall–Kier alpha value is 0.460. The standard InChI is InChI=1S/C7H5Br2Cl.C7H6BrCl/c8-4-5-6(9)2-1-3-7(5)10;1-5-6(8)3-2-4-7(5)9/h1-3H,4H2;2-4H,1H3. The van der Waals surface area contributed by atoms with Crippen LogP contribution < -0.4 is 0 Å². The van der Waals surface area contributed by atoms with Crippen molar-refractivity contribution in [3.8, 4) is 0 Å². The molecule has 0 saturated heterocycles. The van der Waals surface area contributed by atoms with Gasteiger partial charge < -0.3 is 0 Å². The summed E-state index contributed by atoms with van der Waals surface area (Å²) in [6.07, 6.45) is 0. The molecule has 0 spiro atoms. The third-order valence-corrected chi connectivity index (χ3v) is 5.32. The fraction of sp³-hybridized carbons (Fsp3) is 0.143. The molecule has 2 aromatic rings. The summed E-state index contributed by atoms with van der Waals surface area (Å²) in [6, 6.07) is 11.5. The van der Waals surface area contributed by atoms with Gasteiger partial charge >= 0.3 is 0 Å². The van der Waals surface area contributed by atoms with Crippen LogP contribution in [0.4, 0.5) is 0 Å². The number of alkyl halides is 1. The zero-order chi connectivity index (χ0) is 14.4. The van der Waals surface area contributed by atoms with E-state index in [1.54, 1.807) is 0 Å². The Morgan fingerprint density at radius 3 is 1.79 bits per heavy atom. The predicted molar refractivity (Wildman–Crippen MR) is 95.7 cm³/mol. The van der Waals surface area contributed by atoms with E-state index < -0.39 is 0 Å². The van der Waals surface area contributed by atoms with Crippen LogP contribution in [0, 0.1) is 6.92 Å². The van der Waals surface area contributed by atoms with Gasteiger partial charge in [-0.3, -0.25) is 0 Å². The molecule has 0 nitrogen and oxygen atoms in total. The lowest BCUT2D eigenvalue weighted by Crippen LogP contribution is -1.80. The minimum absolute atomic E-state index is 0.785. The average molecular weight is 490 g/mol. The molecule has 0 radical (unpaired) electrons. The fourth-order valence-corrected chi connectivity index (χ4v) is 3.90. The molecule has 2 aromatic carbocycles. The van der Waals surface area contributed by atoms with Crippen LogP contribution in [0.3, 0.4) is 0 Å². The van der Waals surface area contributed by atoms with Gasteiger partial charge in [0, 0.05) is 24.3 Å². The molecular formula is C14H11Br3Cl2. The second-order valence-electron chi connectivity index (χ2n) is 3.68. The van der Waals surface area contributed by atoms with Gasteiger partial charge in [0.15, 0.2) is 0 Å². The molecule has 2 rings (SSSR count). The number of rotatable bonds is 1. The van der Waals surface area contributed by atoms with Crippen molar-refractivity contribution in [2.45, 2.75) is 12.3 Å². The van der Waals surface area contributed by atoms with Crippen molar-refractivity contribution in [2.24, 2.45) is 0 Å². The van der Waals surface area contributed by atoms with E-state index in [2.05, 4.69) is 47.8 Å². The van der Waals surface area contributed by atoms with Gasteiger partial charge in [0.2, 0.25) is 0 Å². The lowest BCUT2D eigenvalue weighted by molar-refractivity contribution is 1.40. The Balaban J connectivity index is 0.000000191. The van der Waals surface area contributed by atoms with Crippen LogP contribution in [-0.4, -0.2) is 0 Å². The van der Waals surface area contributed by atoms with E-state index in [1.807, 2.05) is 43.3 Å². The molecule has 0 atom stereocenters. The third kappa shape index (κ3) is 5.39. The van der Waals surface area contributed by atoms with E-state index in [1.165, 1.54) is 0 Å².